The second kappa shape index (κ2) is 92.4. The molecule has 0 aliphatic carbocycles. The topological polar surface area (TPSA) is 207 Å². The van der Waals surface area contributed by atoms with Gasteiger partial charge in [0.2, 0.25) is 0 Å². The first-order chi connectivity index (χ1) is 44.3. The van der Waals surface area contributed by atoms with Crippen molar-refractivity contribution in [2.45, 2.75) is 362 Å². The lowest BCUT2D eigenvalue weighted by molar-refractivity contribution is -0.328. The zero-order valence-corrected chi connectivity index (χ0v) is 71.3. The first-order valence-electron chi connectivity index (χ1n) is 35.9. The average Bonchev–Trinajstić information content (AvgIpc) is 0.975. The summed E-state index contributed by atoms with van der Waals surface area (Å²) >= 11 is 0. The summed E-state index contributed by atoms with van der Waals surface area (Å²) < 4.78 is 59.0. The molecule has 2 unspecified atom stereocenters. The smallest absolute Gasteiger partial charge is 0.129 e. The van der Waals surface area contributed by atoms with Gasteiger partial charge in [-0.15, -0.1) is 0 Å². The molecular formula is C82H162F2O10P4-6. The van der Waals surface area contributed by atoms with Gasteiger partial charge in [0.25, 0.3) is 0 Å². The number of allylic oxidation sites excluding steroid dienone is 24. The van der Waals surface area contributed by atoms with E-state index >= 15 is 0 Å². The Morgan fingerprint density at radius 3 is 0.684 bits per heavy atom. The van der Waals surface area contributed by atoms with Crippen LogP contribution in [0.2, 0.25) is 0 Å². The Morgan fingerprint density at radius 1 is 0.337 bits per heavy atom. The van der Waals surface area contributed by atoms with Crippen LogP contribution in [-0.2, 0) is 18.3 Å². The molecule has 0 spiro atoms. The monoisotopic (exact) mass is 1470 g/mol. The number of unbranched alkanes of at least 4 members (excludes halogenated alkanes) is 4. The summed E-state index contributed by atoms with van der Waals surface area (Å²) in [4.78, 5) is 56.1. The number of alkyl halides is 1. The highest BCUT2D eigenvalue weighted by molar-refractivity contribution is 7.70. The van der Waals surface area contributed by atoms with E-state index in [9.17, 15) is 41.9 Å². The molecular weight excluding hydrogens is 1310 g/mol. The molecule has 0 aromatic heterocycles. The number of hydrogen-bond donors (Lipinski definition) is 0. The van der Waals surface area contributed by atoms with Crippen molar-refractivity contribution in [1.29, 1.82) is 0 Å². The second-order valence-electron chi connectivity index (χ2n) is 25.6. The van der Waals surface area contributed by atoms with E-state index in [2.05, 4.69) is 259 Å². The minimum absolute atomic E-state index is 0. The van der Waals surface area contributed by atoms with Crippen molar-refractivity contribution in [3.8, 4) is 0 Å². The molecule has 0 saturated carbocycles. The Hall–Kier alpha value is -2.58. The SMILES string of the molecule is C.C.C/C=C/C=C(\C)CCC=C(C)C.CCC.CCC.CCC.CCC.CCC/C=C(\C)CC/C=C(\C)CCC=C(C)C.CCC/C=C(\C)CC/C=C(\C)CCC=C(C)C.CCCC/C=C(\C)CC/C=C(\C)CCC=C(C)C.CP(=O)([O-])CF.CP(=O)([O-])CP(=O)([O-])[O-].O=P([O-])([O-])F. The minimum Gasteiger partial charge on any atom is -0.810 e. The molecule has 0 bridgehead atoms. The molecule has 0 radical (unpaired) electrons. The fraction of sp³-hybridized carbons (Fsp3) is 0.707. The Bertz CT molecular complexity index is 2200. The van der Waals surface area contributed by atoms with Gasteiger partial charge < -0.3 is 47.6 Å². The highest BCUT2D eigenvalue weighted by Gasteiger charge is 2.01. The normalized spacial score (nSPS) is 12.6. The summed E-state index contributed by atoms with van der Waals surface area (Å²) in [6.07, 6.45) is 59.4. The molecule has 0 aliphatic heterocycles. The molecule has 0 saturated heterocycles. The van der Waals surface area contributed by atoms with Crippen LogP contribution >= 0.6 is 30.2 Å². The van der Waals surface area contributed by atoms with E-state index in [1.807, 2.05) is 6.92 Å². The van der Waals surface area contributed by atoms with Gasteiger partial charge >= 0.3 is 0 Å². The van der Waals surface area contributed by atoms with Crippen molar-refractivity contribution in [3.63, 3.8) is 0 Å². The first kappa shape index (κ1) is 125. The lowest BCUT2D eigenvalue weighted by Crippen LogP contribution is -2.19. The third kappa shape index (κ3) is 186. The first-order valence-corrected chi connectivity index (χ1v) is 43.5. The van der Waals surface area contributed by atoms with E-state index < -0.39 is 42.6 Å². The Morgan fingerprint density at radius 2 is 0.531 bits per heavy atom. The Kier molecular flexibility index (Phi) is 118. The molecule has 10 nitrogen and oxygen atoms in total. The fourth-order valence-corrected chi connectivity index (χ4v) is 9.11. The highest BCUT2D eigenvalue weighted by Crippen LogP contribution is 2.43. The van der Waals surface area contributed by atoms with Crippen molar-refractivity contribution < 1.29 is 56.2 Å². The van der Waals surface area contributed by atoms with Gasteiger partial charge in [-0.3, -0.25) is 0 Å². The summed E-state index contributed by atoms with van der Waals surface area (Å²) in [5.41, 5.74) is 16.4. The Balaban J connectivity index is -0.0000000778. The van der Waals surface area contributed by atoms with Gasteiger partial charge in [-0.25, -0.2) is 8.59 Å². The van der Waals surface area contributed by atoms with Crippen LogP contribution in [0.4, 0.5) is 8.59 Å². The maximum atomic E-state index is 10.9. The number of halogens is 2. The largest absolute Gasteiger partial charge is 0.810 e. The number of hydrogen-bond acceptors (Lipinski definition) is 10. The molecule has 0 rings (SSSR count). The van der Waals surface area contributed by atoms with Crippen LogP contribution in [0.3, 0.4) is 0 Å². The summed E-state index contributed by atoms with van der Waals surface area (Å²) in [7, 11) is -18.0. The zero-order chi connectivity index (χ0) is 77.6. The molecule has 0 aromatic carbocycles. The van der Waals surface area contributed by atoms with E-state index in [0.717, 1.165) is 13.3 Å². The van der Waals surface area contributed by atoms with E-state index in [0.29, 0.717) is 0 Å². The third-order valence-electron chi connectivity index (χ3n) is 11.3. The van der Waals surface area contributed by atoms with Crippen molar-refractivity contribution in [2.24, 2.45) is 0 Å². The van der Waals surface area contributed by atoms with Crippen LogP contribution in [0.5, 0.6) is 0 Å². The quantitative estimate of drug-likeness (QED) is 0.0269. The molecule has 0 fully saturated rings. The summed E-state index contributed by atoms with van der Waals surface area (Å²) in [6, 6.07) is 0. The minimum atomic E-state index is -5.64. The molecule has 0 aromatic rings. The maximum Gasteiger partial charge on any atom is 0.129 e. The third-order valence-corrected chi connectivity index (χ3v) is 15.2. The van der Waals surface area contributed by atoms with E-state index in [4.69, 9.17) is 14.4 Å². The molecule has 0 aliphatic rings. The molecule has 0 N–H and O–H groups in total. The highest BCUT2D eigenvalue weighted by atomic mass is 31.2. The van der Waals surface area contributed by atoms with Crippen LogP contribution in [0.25, 0.3) is 0 Å². The molecule has 590 valence electrons. The van der Waals surface area contributed by atoms with Gasteiger partial charge in [0.05, 0.1) is 0 Å². The lowest BCUT2D eigenvalue weighted by Gasteiger charge is -2.34. The fourth-order valence-electron chi connectivity index (χ4n) is 6.60. The number of rotatable bonds is 32. The summed E-state index contributed by atoms with van der Waals surface area (Å²) in [5, 5.41) is 0. The van der Waals surface area contributed by atoms with E-state index in [-0.39, 0.29) is 14.9 Å². The van der Waals surface area contributed by atoms with Crippen LogP contribution in [0.15, 0.2) is 140 Å². The lowest BCUT2D eigenvalue weighted by atomic mass is 10.1. The van der Waals surface area contributed by atoms with Crippen molar-refractivity contribution >= 4 is 30.2 Å². The van der Waals surface area contributed by atoms with Gasteiger partial charge in [-0.2, -0.15) is 0 Å². The predicted octanol–water partition coefficient (Wildman–Crippen LogP) is 27.3. The van der Waals surface area contributed by atoms with Crippen molar-refractivity contribution in [3.05, 3.63) is 140 Å². The summed E-state index contributed by atoms with van der Waals surface area (Å²) in [6.45, 7) is 60.4. The van der Waals surface area contributed by atoms with Crippen LogP contribution in [-0.4, -0.2) is 25.6 Å². The van der Waals surface area contributed by atoms with Gasteiger partial charge in [0.15, 0.2) is 0 Å². The average molecular weight is 1470 g/mol. The predicted molar refractivity (Wildman–Crippen MR) is 434 cm³/mol. The van der Waals surface area contributed by atoms with Crippen LogP contribution in [0.1, 0.15) is 362 Å². The van der Waals surface area contributed by atoms with Crippen molar-refractivity contribution in [2.75, 3.05) is 25.6 Å². The summed E-state index contributed by atoms with van der Waals surface area (Å²) in [5.74, 6) is -1.26. The van der Waals surface area contributed by atoms with Crippen molar-refractivity contribution in [1.82, 2.24) is 0 Å². The molecule has 16 heteroatoms. The van der Waals surface area contributed by atoms with Gasteiger partial charge in [0.1, 0.15) is 14.3 Å². The van der Waals surface area contributed by atoms with Crippen LogP contribution in [0, 0.1) is 0 Å². The molecule has 2 atom stereocenters. The van der Waals surface area contributed by atoms with Crippen LogP contribution < -0.4 is 29.4 Å². The van der Waals surface area contributed by atoms with Gasteiger partial charge in [-0.05, 0) is 233 Å². The van der Waals surface area contributed by atoms with Gasteiger partial charge in [0, 0.05) is 20.6 Å². The molecule has 0 amide bonds. The standard InChI is InChI=1S/C18H32.2C17H30.C12H20.4C3H8.C2H6FO2P.C2H8O5P2.2CH4.FH2O3P/c1-6-7-8-12-17(4)14-10-15-18(5)13-9-11-16(2)3;2*1-6-7-11-16(4)13-9-14-17(5)12-8-10-15(2)3;1-5-6-9-12(4)10-7-8-11(2)3;4*1-3-2;1-6(4,5)2-3;1-8(3,4)2-9(5,6)7;;;1-5(2,3)4/h11-12,15H,6-10,13-14H2,1-5H3;2*10-11,14H,6-9,12-13H2,1-5H3;5-6,8-9H,7,10H2,1-4H3;4*3H2,1-2H3;2H2,1H3,(H,4,5);2H2,1H3,(H,3,4)(H2,5,6,7);2*1H4;(H2,2,3,4)/p-6/b17-12+,18-15+;2*16-11+,17-14+;6-5+,12-9+;;;;;;;;;. The maximum absolute atomic E-state index is 10.9. The molecule has 98 heavy (non-hydrogen) atoms. The van der Waals surface area contributed by atoms with E-state index in [1.165, 1.54) is 205 Å². The zero-order valence-electron chi connectivity index (χ0n) is 67.7. The van der Waals surface area contributed by atoms with Gasteiger partial charge in [-0.1, -0.05) is 290 Å². The second-order valence-corrected chi connectivity index (χ2v) is 33.1. The van der Waals surface area contributed by atoms with E-state index in [1.54, 1.807) is 16.7 Å². The Labute approximate surface area is 611 Å². The molecule has 0 heterocycles.